The second-order valence-electron chi connectivity index (χ2n) is 4.05. The fourth-order valence-electron chi connectivity index (χ4n) is 1.72. The Morgan fingerprint density at radius 3 is 2.89 bits per heavy atom. The number of carbonyl (C=O) groups is 1. The molecule has 5 nitrogen and oxygen atoms in total. The smallest absolute Gasteiger partial charge is 0.335 e. The Morgan fingerprint density at radius 1 is 1.47 bits per heavy atom. The van der Waals surface area contributed by atoms with Crippen LogP contribution in [0.25, 0.3) is 0 Å². The van der Waals surface area contributed by atoms with E-state index < -0.39 is 5.97 Å². The first-order valence-corrected chi connectivity index (χ1v) is 6.32. The number of nitrogens with zero attached hydrogens (tertiary/aromatic N) is 2. The lowest BCUT2D eigenvalue weighted by molar-refractivity contribution is 0.0696. The molecule has 0 radical (unpaired) electrons. The van der Waals surface area contributed by atoms with Crippen LogP contribution < -0.4 is 5.56 Å². The molecule has 98 valence electrons. The summed E-state index contributed by atoms with van der Waals surface area (Å²) < 4.78 is 1.87. The van der Waals surface area contributed by atoms with E-state index in [9.17, 15) is 9.59 Å². The lowest BCUT2D eigenvalue weighted by Crippen LogP contribution is -2.24. The molecule has 0 spiro atoms. The molecule has 1 aromatic heterocycles. The van der Waals surface area contributed by atoms with Gasteiger partial charge in [-0.05, 0) is 40.5 Å². The average Bonchev–Trinajstić information content (AvgIpc) is 2.39. The molecule has 6 heteroatoms. The van der Waals surface area contributed by atoms with Crippen LogP contribution in [0.5, 0.6) is 0 Å². The van der Waals surface area contributed by atoms with Gasteiger partial charge in [-0.15, -0.1) is 0 Å². The molecule has 2 rings (SSSR count). The highest BCUT2D eigenvalue weighted by molar-refractivity contribution is 9.10. The molecule has 1 heterocycles. The summed E-state index contributed by atoms with van der Waals surface area (Å²) in [5.74, 6) is -0.410. The zero-order valence-electron chi connectivity index (χ0n) is 10.1. The van der Waals surface area contributed by atoms with Crippen molar-refractivity contribution in [3.63, 3.8) is 0 Å². The zero-order valence-corrected chi connectivity index (χ0v) is 11.7. The zero-order chi connectivity index (χ0) is 14.0. The van der Waals surface area contributed by atoms with Gasteiger partial charge in [0.05, 0.1) is 12.1 Å². The molecular formula is C13H11BrN2O3. The van der Waals surface area contributed by atoms with E-state index in [1.165, 1.54) is 16.8 Å². The normalized spacial score (nSPS) is 10.4. The van der Waals surface area contributed by atoms with Crippen LogP contribution in [0.1, 0.15) is 21.7 Å². The van der Waals surface area contributed by atoms with Crippen LogP contribution in [0.15, 0.2) is 39.7 Å². The number of rotatable bonds is 3. The van der Waals surface area contributed by atoms with Crippen molar-refractivity contribution in [2.24, 2.45) is 0 Å². The maximum Gasteiger partial charge on any atom is 0.335 e. The standard InChI is InChI=1S/C13H11BrN2O3/c1-8-15-6-11(14)12(17)16(8)7-9-3-2-4-10(5-9)13(18)19/h2-6H,7H2,1H3,(H,18,19). The molecule has 1 N–H and O–H groups in total. The van der Waals surface area contributed by atoms with Crippen molar-refractivity contribution in [3.05, 3.63) is 62.2 Å². The van der Waals surface area contributed by atoms with E-state index in [1.54, 1.807) is 25.1 Å². The highest BCUT2D eigenvalue weighted by atomic mass is 79.9. The van der Waals surface area contributed by atoms with Crippen LogP contribution in [-0.2, 0) is 6.54 Å². The highest BCUT2D eigenvalue weighted by Crippen LogP contribution is 2.09. The summed E-state index contributed by atoms with van der Waals surface area (Å²) in [6, 6.07) is 6.50. The maximum absolute atomic E-state index is 12.0. The predicted octanol–water partition coefficient (Wildman–Crippen LogP) is 2.06. The second-order valence-corrected chi connectivity index (χ2v) is 4.90. The third kappa shape index (κ3) is 2.90. The lowest BCUT2D eigenvalue weighted by atomic mass is 10.1. The predicted molar refractivity (Wildman–Crippen MR) is 73.4 cm³/mol. The van der Waals surface area contributed by atoms with Gasteiger partial charge in [0.25, 0.3) is 5.56 Å². The Labute approximate surface area is 117 Å². The molecule has 0 atom stereocenters. The SMILES string of the molecule is Cc1ncc(Br)c(=O)n1Cc1cccc(C(=O)O)c1. The molecule has 0 saturated heterocycles. The van der Waals surface area contributed by atoms with Crippen molar-refractivity contribution in [2.75, 3.05) is 0 Å². The summed E-state index contributed by atoms with van der Waals surface area (Å²) in [4.78, 5) is 27.0. The molecule has 0 fully saturated rings. The number of carboxylic acids is 1. The molecule has 0 aliphatic heterocycles. The molecule has 0 bridgehead atoms. The summed E-state index contributed by atoms with van der Waals surface area (Å²) in [6.45, 7) is 2.02. The van der Waals surface area contributed by atoms with E-state index in [0.717, 1.165) is 5.56 Å². The summed E-state index contributed by atoms with van der Waals surface area (Å²) in [6.07, 6.45) is 1.46. The Balaban J connectivity index is 2.42. The van der Waals surface area contributed by atoms with Crippen LogP contribution in [0.4, 0.5) is 0 Å². The molecule has 2 aromatic rings. The molecule has 0 saturated carbocycles. The van der Waals surface area contributed by atoms with E-state index in [1.807, 2.05) is 0 Å². The number of aromatic nitrogens is 2. The Bertz CT molecular complexity index is 695. The van der Waals surface area contributed by atoms with E-state index in [-0.39, 0.29) is 17.7 Å². The number of aromatic carboxylic acids is 1. The molecule has 0 unspecified atom stereocenters. The molecular weight excluding hydrogens is 312 g/mol. The van der Waals surface area contributed by atoms with Crippen molar-refractivity contribution < 1.29 is 9.90 Å². The van der Waals surface area contributed by atoms with Crippen LogP contribution >= 0.6 is 15.9 Å². The fraction of sp³-hybridized carbons (Fsp3) is 0.154. The van der Waals surface area contributed by atoms with E-state index >= 15 is 0 Å². The Kier molecular flexibility index (Phi) is 3.80. The minimum Gasteiger partial charge on any atom is -0.478 e. The topological polar surface area (TPSA) is 72.2 Å². The van der Waals surface area contributed by atoms with Gasteiger partial charge in [0, 0.05) is 6.20 Å². The monoisotopic (exact) mass is 322 g/mol. The largest absolute Gasteiger partial charge is 0.478 e. The van der Waals surface area contributed by atoms with Crippen molar-refractivity contribution in [2.45, 2.75) is 13.5 Å². The molecule has 1 aromatic carbocycles. The van der Waals surface area contributed by atoms with E-state index in [0.29, 0.717) is 10.3 Å². The first-order valence-electron chi connectivity index (χ1n) is 5.53. The lowest BCUT2D eigenvalue weighted by Gasteiger charge is -2.09. The third-order valence-corrected chi connectivity index (χ3v) is 3.26. The van der Waals surface area contributed by atoms with Crippen LogP contribution in [0, 0.1) is 6.92 Å². The summed E-state index contributed by atoms with van der Waals surface area (Å²) in [5, 5.41) is 8.94. The van der Waals surface area contributed by atoms with Gasteiger partial charge in [0.2, 0.25) is 0 Å². The summed E-state index contributed by atoms with van der Waals surface area (Å²) in [5.41, 5.74) is 0.754. The van der Waals surface area contributed by atoms with Gasteiger partial charge in [-0.2, -0.15) is 0 Å². The summed E-state index contributed by atoms with van der Waals surface area (Å²) in [7, 11) is 0. The molecule has 19 heavy (non-hydrogen) atoms. The van der Waals surface area contributed by atoms with Crippen LogP contribution in [0.3, 0.4) is 0 Å². The fourth-order valence-corrected chi connectivity index (χ4v) is 2.04. The minimum absolute atomic E-state index is 0.187. The molecule has 0 aliphatic carbocycles. The van der Waals surface area contributed by atoms with Gasteiger partial charge in [-0.1, -0.05) is 12.1 Å². The first kappa shape index (κ1) is 13.5. The number of hydrogen-bond acceptors (Lipinski definition) is 3. The third-order valence-electron chi connectivity index (χ3n) is 2.72. The average molecular weight is 323 g/mol. The highest BCUT2D eigenvalue weighted by Gasteiger charge is 2.08. The quantitative estimate of drug-likeness (QED) is 0.938. The number of hydrogen-bond donors (Lipinski definition) is 1. The Hall–Kier alpha value is -1.95. The number of carboxylic acid groups (broad SMARTS) is 1. The van der Waals surface area contributed by atoms with Gasteiger partial charge >= 0.3 is 5.97 Å². The van der Waals surface area contributed by atoms with Gasteiger partial charge in [-0.25, -0.2) is 9.78 Å². The first-order chi connectivity index (χ1) is 8.99. The Morgan fingerprint density at radius 2 is 2.21 bits per heavy atom. The maximum atomic E-state index is 12.0. The number of aryl methyl sites for hydroxylation is 1. The van der Waals surface area contributed by atoms with Gasteiger partial charge in [0.1, 0.15) is 10.3 Å². The van der Waals surface area contributed by atoms with Crippen molar-refractivity contribution in [3.8, 4) is 0 Å². The molecule has 0 amide bonds. The van der Waals surface area contributed by atoms with Gasteiger partial charge in [0.15, 0.2) is 0 Å². The van der Waals surface area contributed by atoms with Crippen molar-refractivity contribution >= 4 is 21.9 Å². The second kappa shape index (κ2) is 5.36. The van der Waals surface area contributed by atoms with Crippen LogP contribution in [0.2, 0.25) is 0 Å². The summed E-state index contributed by atoms with van der Waals surface area (Å²) >= 11 is 3.14. The van der Waals surface area contributed by atoms with Gasteiger partial charge < -0.3 is 5.11 Å². The molecule has 0 aliphatic rings. The number of halogens is 1. The van der Waals surface area contributed by atoms with Crippen molar-refractivity contribution in [1.29, 1.82) is 0 Å². The van der Waals surface area contributed by atoms with Gasteiger partial charge in [-0.3, -0.25) is 9.36 Å². The van der Waals surface area contributed by atoms with E-state index in [2.05, 4.69) is 20.9 Å². The van der Waals surface area contributed by atoms with Crippen molar-refractivity contribution in [1.82, 2.24) is 9.55 Å². The van der Waals surface area contributed by atoms with Crippen LogP contribution in [-0.4, -0.2) is 20.6 Å². The minimum atomic E-state index is -0.988. The van der Waals surface area contributed by atoms with E-state index in [4.69, 9.17) is 5.11 Å². The number of benzene rings is 1.